The van der Waals surface area contributed by atoms with E-state index < -0.39 is 6.10 Å². The van der Waals surface area contributed by atoms with Crippen LogP contribution in [0.15, 0.2) is 60.7 Å². The van der Waals surface area contributed by atoms with Crippen molar-refractivity contribution in [2.75, 3.05) is 6.54 Å². The average molecular weight is 267 g/mol. The minimum absolute atomic E-state index is 0.410. The zero-order valence-corrected chi connectivity index (χ0v) is 11.6. The summed E-state index contributed by atoms with van der Waals surface area (Å²) >= 11 is 0. The number of rotatable bonds is 5. The molecule has 0 amide bonds. The van der Waals surface area contributed by atoms with Crippen LogP contribution in [0.4, 0.5) is 0 Å². The average Bonchev–Trinajstić information content (AvgIpc) is 2.47. The summed E-state index contributed by atoms with van der Waals surface area (Å²) in [5.74, 6) is 0.683. The molecular weight excluding hydrogens is 246 g/mol. The molecule has 2 N–H and O–H groups in total. The molecule has 0 aromatic heterocycles. The van der Waals surface area contributed by atoms with E-state index in [2.05, 4.69) is 35.6 Å². The topological polar surface area (TPSA) is 32.3 Å². The summed E-state index contributed by atoms with van der Waals surface area (Å²) in [4.78, 5) is 0. The van der Waals surface area contributed by atoms with Gasteiger partial charge in [0.1, 0.15) is 0 Å². The van der Waals surface area contributed by atoms with E-state index in [1.165, 1.54) is 18.4 Å². The van der Waals surface area contributed by atoms with Gasteiger partial charge in [-0.15, -0.1) is 0 Å². The molecule has 0 aliphatic heterocycles. The lowest BCUT2D eigenvalue weighted by atomic mass is 9.76. The van der Waals surface area contributed by atoms with E-state index in [1.54, 1.807) is 0 Å². The Morgan fingerprint density at radius 3 is 2.20 bits per heavy atom. The molecule has 1 saturated carbocycles. The van der Waals surface area contributed by atoms with Crippen molar-refractivity contribution in [3.05, 3.63) is 71.8 Å². The fourth-order valence-corrected chi connectivity index (χ4v) is 2.85. The molecule has 1 unspecified atom stereocenters. The Balaban J connectivity index is 1.43. The Kier molecular flexibility index (Phi) is 4.14. The fourth-order valence-electron chi connectivity index (χ4n) is 2.85. The lowest BCUT2D eigenvalue weighted by molar-refractivity contribution is 0.157. The molecule has 3 rings (SSSR count). The fraction of sp³-hybridized carbons (Fsp3) is 0.333. The summed E-state index contributed by atoms with van der Waals surface area (Å²) in [6.45, 7) is 0.635. The van der Waals surface area contributed by atoms with Gasteiger partial charge in [-0.1, -0.05) is 60.7 Å². The first-order valence-electron chi connectivity index (χ1n) is 7.34. The molecule has 1 atom stereocenters. The monoisotopic (exact) mass is 267 g/mol. The van der Waals surface area contributed by atoms with Crippen LogP contribution in [0.5, 0.6) is 0 Å². The van der Waals surface area contributed by atoms with Crippen LogP contribution in [-0.4, -0.2) is 17.7 Å². The van der Waals surface area contributed by atoms with Gasteiger partial charge < -0.3 is 10.4 Å². The van der Waals surface area contributed by atoms with Crippen LogP contribution in [0, 0.1) is 0 Å². The molecule has 104 valence electrons. The predicted molar refractivity (Wildman–Crippen MR) is 81.6 cm³/mol. The number of benzene rings is 2. The van der Waals surface area contributed by atoms with Gasteiger partial charge in [-0.25, -0.2) is 0 Å². The first-order chi connectivity index (χ1) is 9.83. The van der Waals surface area contributed by atoms with Gasteiger partial charge in [0.25, 0.3) is 0 Å². The van der Waals surface area contributed by atoms with E-state index in [1.807, 2.05) is 30.3 Å². The Bertz CT molecular complexity index is 520. The second-order valence-corrected chi connectivity index (χ2v) is 5.61. The van der Waals surface area contributed by atoms with Crippen LogP contribution in [0.1, 0.15) is 36.0 Å². The van der Waals surface area contributed by atoms with E-state index >= 15 is 0 Å². The molecule has 1 aliphatic carbocycles. The molecule has 0 heterocycles. The first kappa shape index (κ1) is 13.3. The summed E-state index contributed by atoms with van der Waals surface area (Å²) in [7, 11) is 0. The van der Waals surface area contributed by atoms with Crippen molar-refractivity contribution in [3.8, 4) is 0 Å². The van der Waals surface area contributed by atoms with Gasteiger partial charge in [-0.05, 0) is 29.9 Å². The highest BCUT2D eigenvalue weighted by Gasteiger charge is 2.29. The number of hydrogen-bond acceptors (Lipinski definition) is 2. The van der Waals surface area contributed by atoms with Crippen LogP contribution in [0.3, 0.4) is 0 Å². The Hall–Kier alpha value is -1.64. The maximum absolute atomic E-state index is 10.1. The summed E-state index contributed by atoms with van der Waals surface area (Å²) in [6, 6.07) is 21.1. The van der Waals surface area contributed by atoms with Gasteiger partial charge in [0.15, 0.2) is 0 Å². The molecule has 2 aromatic rings. The third-order valence-electron chi connectivity index (χ3n) is 4.19. The second-order valence-electron chi connectivity index (χ2n) is 5.61. The second kappa shape index (κ2) is 6.21. The van der Waals surface area contributed by atoms with E-state index in [4.69, 9.17) is 0 Å². The molecule has 0 radical (unpaired) electrons. The maximum atomic E-state index is 10.1. The SMILES string of the molecule is OC(CNC1CC(c2ccccc2)C1)c1ccccc1. The van der Waals surface area contributed by atoms with Crippen LogP contribution in [0.2, 0.25) is 0 Å². The lowest BCUT2D eigenvalue weighted by Crippen LogP contribution is -2.41. The quantitative estimate of drug-likeness (QED) is 0.871. The number of nitrogens with one attached hydrogen (secondary N) is 1. The molecule has 2 heteroatoms. The maximum Gasteiger partial charge on any atom is 0.0914 e. The largest absolute Gasteiger partial charge is 0.387 e. The zero-order valence-electron chi connectivity index (χ0n) is 11.6. The van der Waals surface area contributed by atoms with Crippen molar-refractivity contribution in [1.82, 2.24) is 5.32 Å². The lowest BCUT2D eigenvalue weighted by Gasteiger charge is -2.37. The van der Waals surface area contributed by atoms with E-state index in [0.29, 0.717) is 18.5 Å². The minimum atomic E-state index is -0.410. The Morgan fingerprint density at radius 2 is 1.55 bits per heavy atom. The van der Waals surface area contributed by atoms with Crippen molar-refractivity contribution < 1.29 is 5.11 Å². The summed E-state index contributed by atoms with van der Waals surface area (Å²) < 4.78 is 0. The Labute approximate surface area is 120 Å². The smallest absolute Gasteiger partial charge is 0.0914 e. The van der Waals surface area contributed by atoms with Crippen molar-refractivity contribution in [3.63, 3.8) is 0 Å². The predicted octanol–water partition coefficient (Wildman–Crippen LogP) is 3.26. The van der Waals surface area contributed by atoms with E-state index in [9.17, 15) is 5.11 Å². The third kappa shape index (κ3) is 3.09. The van der Waals surface area contributed by atoms with Crippen molar-refractivity contribution in [2.45, 2.75) is 30.9 Å². The summed E-state index contributed by atoms with van der Waals surface area (Å²) in [5.41, 5.74) is 2.42. The molecule has 1 fully saturated rings. The molecule has 20 heavy (non-hydrogen) atoms. The Morgan fingerprint density at radius 1 is 0.950 bits per heavy atom. The number of hydrogen-bond donors (Lipinski definition) is 2. The molecule has 0 spiro atoms. The molecule has 1 aliphatic rings. The number of aliphatic hydroxyl groups excluding tert-OH is 1. The summed E-state index contributed by atoms with van der Waals surface area (Å²) in [6.07, 6.45) is 1.93. The minimum Gasteiger partial charge on any atom is -0.387 e. The highest BCUT2D eigenvalue weighted by molar-refractivity contribution is 5.23. The van der Waals surface area contributed by atoms with Crippen molar-refractivity contribution in [2.24, 2.45) is 0 Å². The highest BCUT2D eigenvalue weighted by atomic mass is 16.3. The van der Waals surface area contributed by atoms with Crippen molar-refractivity contribution in [1.29, 1.82) is 0 Å². The van der Waals surface area contributed by atoms with Crippen molar-refractivity contribution >= 4 is 0 Å². The standard InChI is InChI=1S/C18H21NO/c20-18(15-9-5-2-6-10-15)13-19-17-11-16(12-17)14-7-3-1-4-8-14/h1-10,16-20H,11-13H2. The first-order valence-corrected chi connectivity index (χ1v) is 7.34. The molecule has 0 bridgehead atoms. The molecular formula is C18H21NO. The van der Waals surface area contributed by atoms with Crippen LogP contribution in [0.25, 0.3) is 0 Å². The van der Waals surface area contributed by atoms with Gasteiger partial charge in [0.05, 0.1) is 6.10 Å². The molecule has 2 aromatic carbocycles. The van der Waals surface area contributed by atoms with Crippen LogP contribution >= 0.6 is 0 Å². The number of aliphatic hydroxyl groups is 1. The van der Waals surface area contributed by atoms with E-state index in [0.717, 1.165) is 5.56 Å². The van der Waals surface area contributed by atoms with Crippen LogP contribution in [-0.2, 0) is 0 Å². The van der Waals surface area contributed by atoms with Gasteiger partial charge in [-0.3, -0.25) is 0 Å². The summed E-state index contributed by atoms with van der Waals surface area (Å²) in [5, 5.41) is 13.6. The molecule has 0 saturated heterocycles. The van der Waals surface area contributed by atoms with E-state index in [-0.39, 0.29) is 0 Å². The van der Waals surface area contributed by atoms with Gasteiger partial charge in [0.2, 0.25) is 0 Å². The van der Waals surface area contributed by atoms with Gasteiger partial charge in [-0.2, -0.15) is 0 Å². The molecule has 2 nitrogen and oxygen atoms in total. The van der Waals surface area contributed by atoms with Gasteiger partial charge >= 0.3 is 0 Å². The third-order valence-corrected chi connectivity index (χ3v) is 4.19. The normalized spacial score (nSPS) is 23.1. The highest BCUT2D eigenvalue weighted by Crippen LogP contribution is 2.36. The van der Waals surface area contributed by atoms with Gasteiger partial charge in [0, 0.05) is 12.6 Å². The van der Waals surface area contributed by atoms with Crippen LogP contribution < -0.4 is 5.32 Å². The zero-order chi connectivity index (χ0) is 13.8.